The third kappa shape index (κ3) is 3.27. The highest BCUT2D eigenvalue weighted by atomic mass is 32.1. The minimum Gasteiger partial charge on any atom is -0.476 e. The zero-order chi connectivity index (χ0) is 17.1. The van der Waals surface area contributed by atoms with Crippen molar-refractivity contribution in [2.24, 2.45) is 0 Å². The van der Waals surface area contributed by atoms with Crippen LogP contribution in [0.15, 0.2) is 24.3 Å². The number of benzene rings is 1. The number of para-hydroxylation sites is 1. The number of aromatic nitrogens is 2. The molecule has 0 atom stereocenters. The van der Waals surface area contributed by atoms with Crippen molar-refractivity contribution >= 4 is 34.2 Å². The van der Waals surface area contributed by atoms with E-state index in [1.54, 1.807) is 23.1 Å². The lowest BCUT2D eigenvalue weighted by Gasteiger charge is -2.36. The van der Waals surface area contributed by atoms with Crippen molar-refractivity contribution in [1.29, 1.82) is 0 Å². The van der Waals surface area contributed by atoms with Crippen molar-refractivity contribution < 1.29 is 19.1 Å². The highest BCUT2D eigenvalue weighted by molar-refractivity contribution is 7.10. The molecule has 2 amide bonds. The van der Waals surface area contributed by atoms with Crippen LogP contribution in [0.5, 0.6) is 0 Å². The Kier molecular flexibility index (Phi) is 4.56. The Bertz CT molecular complexity index is 760. The fourth-order valence-electron chi connectivity index (χ4n) is 2.45. The van der Waals surface area contributed by atoms with Crippen molar-refractivity contribution in [2.45, 2.75) is 0 Å². The number of hydrogen-bond acceptors (Lipinski definition) is 6. The van der Waals surface area contributed by atoms with E-state index in [0.717, 1.165) is 11.5 Å². The van der Waals surface area contributed by atoms with E-state index < -0.39 is 12.0 Å². The summed E-state index contributed by atoms with van der Waals surface area (Å²) in [7, 11) is 0. The quantitative estimate of drug-likeness (QED) is 0.874. The molecule has 0 saturated carbocycles. The Balaban J connectivity index is 1.60. The second kappa shape index (κ2) is 6.79. The summed E-state index contributed by atoms with van der Waals surface area (Å²) >= 11 is 0.809. The molecule has 2 heterocycles. The zero-order valence-corrected chi connectivity index (χ0v) is 13.3. The number of piperazine rings is 1. The summed E-state index contributed by atoms with van der Waals surface area (Å²) < 4.78 is 17.3. The molecular formula is C14H14FN5O3S. The van der Waals surface area contributed by atoms with E-state index in [9.17, 15) is 14.0 Å². The van der Waals surface area contributed by atoms with Gasteiger partial charge in [-0.15, -0.1) is 5.10 Å². The van der Waals surface area contributed by atoms with Crippen LogP contribution in [0.1, 0.15) is 10.5 Å². The lowest BCUT2D eigenvalue weighted by Crippen LogP contribution is -2.50. The molecule has 1 aliphatic heterocycles. The highest BCUT2D eigenvalue weighted by Gasteiger charge is 2.25. The van der Waals surface area contributed by atoms with E-state index in [-0.39, 0.29) is 16.5 Å². The molecule has 24 heavy (non-hydrogen) atoms. The number of hydrogen-bond donors (Lipinski definition) is 2. The number of aromatic carboxylic acids is 1. The lowest BCUT2D eigenvalue weighted by atomic mass is 10.2. The molecule has 1 aliphatic rings. The Hall–Kier alpha value is -2.75. The summed E-state index contributed by atoms with van der Waals surface area (Å²) in [6.07, 6.45) is 0. The number of rotatable bonds is 3. The van der Waals surface area contributed by atoms with E-state index in [4.69, 9.17) is 5.11 Å². The van der Waals surface area contributed by atoms with Gasteiger partial charge in [0.1, 0.15) is 5.82 Å². The Labute approximate surface area is 140 Å². The maximum atomic E-state index is 13.8. The fourth-order valence-corrected chi connectivity index (χ4v) is 3.00. The number of carbonyl (C=O) groups excluding carboxylic acids is 1. The second-order valence-electron chi connectivity index (χ2n) is 5.11. The van der Waals surface area contributed by atoms with E-state index >= 15 is 0 Å². The predicted molar refractivity (Wildman–Crippen MR) is 86.1 cm³/mol. The average molecular weight is 351 g/mol. The van der Waals surface area contributed by atoms with Gasteiger partial charge in [-0.3, -0.25) is 5.32 Å². The van der Waals surface area contributed by atoms with E-state index in [1.165, 1.54) is 6.07 Å². The minimum absolute atomic E-state index is 0.101. The van der Waals surface area contributed by atoms with Gasteiger partial charge >= 0.3 is 12.0 Å². The van der Waals surface area contributed by atoms with Crippen LogP contribution in [0.4, 0.5) is 19.9 Å². The Morgan fingerprint density at radius 2 is 1.92 bits per heavy atom. The number of carboxylic acids is 1. The van der Waals surface area contributed by atoms with Crippen LogP contribution in [0.2, 0.25) is 0 Å². The number of nitrogens with one attached hydrogen (secondary N) is 1. The third-order valence-corrected chi connectivity index (χ3v) is 4.31. The molecule has 8 nitrogen and oxygen atoms in total. The first-order valence-electron chi connectivity index (χ1n) is 7.17. The topological polar surface area (TPSA) is 98.7 Å². The van der Waals surface area contributed by atoms with Crippen LogP contribution in [0.3, 0.4) is 0 Å². The minimum atomic E-state index is -1.25. The van der Waals surface area contributed by atoms with Gasteiger partial charge < -0.3 is 14.9 Å². The molecule has 2 N–H and O–H groups in total. The summed E-state index contributed by atoms with van der Waals surface area (Å²) in [6.45, 7) is 1.77. The molecule has 2 aromatic rings. The van der Waals surface area contributed by atoms with Gasteiger partial charge in [0, 0.05) is 37.7 Å². The first-order valence-corrected chi connectivity index (χ1v) is 7.94. The molecule has 1 aromatic carbocycles. The van der Waals surface area contributed by atoms with Crippen molar-refractivity contribution in [1.82, 2.24) is 14.5 Å². The van der Waals surface area contributed by atoms with Crippen LogP contribution in [0.25, 0.3) is 0 Å². The summed E-state index contributed by atoms with van der Waals surface area (Å²) in [6, 6.07) is 6.08. The number of urea groups is 1. The van der Waals surface area contributed by atoms with E-state index in [2.05, 4.69) is 14.9 Å². The predicted octanol–water partition coefficient (Wildman–Crippen LogP) is 1.73. The van der Waals surface area contributed by atoms with Crippen LogP contribution in [-0.4, -0.2) is 57.8 Å². The molecule has 1 aromatic heterocycles. The summed E-state index contributed by atoms with van der Waals surface area (Å²) in [5, 5.41) is 15.0. The largest absolute Gasteiger partial charge is 0.476 e. The first kappa shape index (κ1) is 16.1. The highest BCUT2D eigenvalue weighted by Crippen LogP contribution is 2.21. The van der Waals surface area contributed by atoms with Crippen LogP contribution >= 0.6 is 11.5 Å². The first-order chi connectivity index (χ1) is 11.6. The van der Waals surface area contributed by atoms with Gasteiger partial charge in [-0.05, 0) is 12.1 Å². The number of amides is 2. The Morgan fingerprint density at radius 3 is 2.58 bits per heavy atom. The Morgan fingerprint density at radius 1 is 1.21 bits per heavy atom. The second-order valence-corrected chi connectivity index (χ2v) is 5.87. The number of halogens is 1. The van der Waals surface area contributed by atoms with E-state index in [1.807, 2.05) is 4.90 Å². The monoisotopic (exact) mass is 351 g/mol. The molecule has 0 radical (unpaired) electrons. The number of carboxylic acid groups (broad SMARTS) is 1. The van der Waals surface area contributed by atoms with Crippen LogP contribution in [0, 0.1) is 5.82 Å². The molecular weight excluding hydrogens is 337 g/mol. The van der Waals surface area contributed by atoms with Gasteiger partial charge in [-0.1, -0.05) is 16.6 Å². The summed E-state index contributed by atoms with van der Waals surface area (Å²) in [4.78, 5) is 26.6. The molecule has 0 aliphatic carbocycles. The molecule has 3 rings (SSSR count). The molecule has 0 bridgehead atoms. The van der Waals surface area contributed by atoms with Gasteiger partial charge in [0.25, 0.3) is 0 Å². The molecule has 0 unspecified atom stereocenters. The van der Waals surface area contributed by atoms with Crippen LogP contribution in [-0.2, 0) is 0 Å². The number of carbonyl (C=O) groups is 2. The zero-order valence-electron chi connectivity index (χ0n) is 12.5. The maximum Gasteiger partial charge on any atom is 0.359 e. The lowest BCUT2D eigenvalue weighted by molar-refractivity contribution is 0.0691. The van der Waals surface area contributed by atoms with Crippen molar-refractivity contribution in [3.63, 3.8) is 0 Å². The molecule has 10 heteroatoms. The van der Waals surface area contributed by atoms with Gasteiger partial charge in [-0.2, -0.15) is 0 Å². The normalized spacial score (nSPS) is 14.5. The SMILES string of the molecule is O=C(O)c1nnsc1NC(=O)N1CCN(c2ccccc2F)CC1. The number of nitrogens with zero attached hydrogens (tertiary/aromatic N) is 4. The molecule has 126 valence electrons. The fraction of sp³-hybridized carbons (Fsp3) is 0.286. The number of anilines is 2. The smallest absolute Gasteiger partial charge is 0.359 e. The molecule has 1 fully saturated rings. The standard InChI is InChI=1S/C14H14FN5O3S/c15-9-3-1-2-4-10(9)19-5-7-20(8-6-19)14(23)16-12-11(13(21)22)17-18-24-12/h1-4H,5-8H2,(H,16,23)(H,21,22). The average Bonchev–Trinajstić information content (AvgIpc) is 3.04. The third-order valence-electron chi connectivity index (χ3n) is 3.67. The van der Waals surface area contributed by atoms with Gasteiger partial charge in [-0.25, -0.2) is 14.0 Å². The van der Waals surface area contributed by atoms with Gasteiger partial charge in [0.2, 0.25) is 5.69 Å². The van der Waals surface area contributed by atoms with Crippen molar-refractivity contribution in [2.75, 3.05) is 36.4 Å². The summed E-state index contributed by atoms with van der Waals surface area (Å²) in [5.41, 5.74) is 0.232. The molecule has 1 saturated heterocycles. The van der Waals surface area contributed by atoms with Gasteiger partial charge in [0.05, 0.1) is 5.69 Å². The van der Waals surface area contributed by atoms with Crippen molar-refractivity contribution in [3.05, 3.63) is 35.8 Å². The maximum absolute atomic E-state index is 13.8. The van der Waals surface area contributed by atoms with Gasteiger partial charge in [0.15, 0.2) is 5.00 Å². The molecule has 0 spiro atoms. The van der Waals surface area contributed by atoms with E-state index in [0.29, 0.717) is 31.9 Å². The van der Waals surface area contributed by atoms with Crippen molar-refractivity contribution in [3.8, 4) is 0 Å². The summed E-state index contributed by atoms with van der Waals surface area (Å²) in [5.74, 6) is -1.54. The van der Waals surface area contributed by atoms with Crippen LogP contribution < -0.4 is 10.2 Å².